The molecule has 6 N–H and O–H groups in total. The number of hydrogen-bond acceptors (Lipinski definition) is 7. The highest BCUT2D eigenvalue weighted by atomic mass is 127. The lowest BCUT2D eigenvalue weighted by Crippen LogP contribution is -2.40. The van der Waals surface area contributed by atoms with Crippen molar-refractivity contribution in [1.82, 2.24) is 5.32 Å². The fourth-order valence-corrected chi connectivity index (χ4v) is 4.16. The number of aromatic hydroxyl groups is 1. The van der Waals surface area contributed by atoms with Gasteiger partial charge in [0.05, 0.1) is 33.0 Å². The third kappa shape index (κ3) is 9.98. The summed E-state index contributed by atoms with van der Waals surface area (Å²) in [6.45, 7) is 0.341. The largest absolute Gasteiger partial charge is 0.548 e. The van der Waals surface area contributed by atoms with Gasteiger partial charge in [-0.05, 0) is 53.5 Å². The lowest BCUT2D eigenvalue weighted by atomic mass is 10.1. The van der Waals surface area contributed by atoms with Gasteiger partial charge in [0, 0.05) is 11.5 Å². The van der Waals surface area contributed by atoms with Gasteiger partial charge in [0.15, 0.2) is 0 Å². The highest BCUT2D eigenvalue weighted by molar-refractivity contribution is 14.1. The van der Waals surface area contributed by atoms with Crippen LogP contribution in [0.4, 0.5) is 5.69 Å². The molecule has 1 rings (SSSR count). The molecule has 0 bridgehead atoms. The predicted molar refractivity (Wildman–Crippen MR) is 123 cm³/mol. The normalized spacial score (nSPS) is 12.7. The number of carbonyl (C=O) groups excluding carboxylic acids is 2. The molecule has 32 heavy (non-hydrogen) atoms. The van der Waals surface area contributed by atoms with E-state index in [9.17, 15) is 24.4 Å². The molecule has 14 heteroatoms. The van der Waals surface area contributed by atoms with Crippen molar-refractivity contribution >= 4 is 47.8 Å². The quantitative estimate of drug-likeness (QED) is 0.0439. The van der Waals surface area contributed by atoms with E-state index in [4.69, 9.17) is 21.1 Å². The molecule has 0 spiro atoms. The van der Waals surface area contributed by atoms with Gasteiger partial charge in [-0.25, -0.2) is 0 Å². The Labute approximate surface area is 197 Å². The molecule has 1 aromatic rings. The van der Waals surface area contributed by atoms with Crippen molar-refractivity contribution in [3.05, 3.63) is 43.4 Å². The third-order valence-electron chi connectivity index (χ3n) is 4.30. The Kier molecular flexibility index (Phi) is 11.7. The number of carbonyl (C=O) groups is 2. The summed E-state index contributed by atoms with van der Waals surface area (Å²) in [5, 5.41) is 27.0. The number of azide groups is 1. The molecule has 1 unspecified atom stereocenters. The smallest absolute Gasteiger partial charge is 0.329 e. The number of aliphatic carboxylic acids is 1. The van der Waals surface area contributed by atoms with Crippen LogP contribution in [0.3, 0.4) is 0 Å². The number of carboxylic acids is 1. The molecule has 1 atom stereocenters. The average Bonchev–Trinajstić information content (AvgIpc) is 2.69. The molecule has 0 heterocycles. The summed E-state index contributed by atoms with van der Waals surface area (Å²) in [4.78, 5) is 43.9. The van der Waals surface area contributed by atoms with Crippen molar-refractivity contribution in [3.63, 3.8) is 0 Å². The number of benzene rings is 1. The topological polar surface area (TPSA) is 222 Å². The molecule has 0 aliphatic heterocycles. The van der Waals surface area contributed by atoms with Crippen LogP contribution in [-0.2, 0) is 9.36 Å². The van der Waals surface area contributed by atoms with Crippen LogP contribution in [0.1, 0.15) is 42.5 Å². The number of allylic oxidation sites excluding steroid dienone is 1. The molecule has 12 nitrogen and oxygen atoms in total. The number of amides is 1. The maximum absolute atomic E-state index is 12.2. The Balaban J connectivity index is 2.46. The Morgan fingerprint density at radius 2 is 1.97 bits per heavy atom. The molecular formula is C18H24IN5O7P-. The number of nitrogens with one attached hydrogen (secondary N) is 1. The monoisotopic (exact) mass is 580 g/mol. The average molecular weight is 580 g/mol. The van der Waals surface area contributed by atoms with Crippen molar-refractivity contribution in [3.8, 4) is 5.75 Å². The van der Waals surface area contributed by atoms with E-state index in [-0.39, 0.29) is 32.6 Å². The van der Waals surface area contributed by atoms with Crippen LogP contribution in [0.25, 0.3) is 10.4 Å². The summed E-state index contributed by atoms with van der Waals surface area (Å²) in [5.74, 6) is -2.28. The molecule has 0 aromatic heterocycles. The van der Waals surface area contributed by atoms with Gasteiger partial charge in [-0.15, -0.1) is 0 Å². The lowest BCUT2D eigenvalue weighted by molar-refractivity contribution is -0.306. The summed E-state index contributed by atoms with van der Waals surface area (Å²) in [5.41, 5.74) is 14.4. The van der Waals surface area contributed by atoms with Crippen LogP contribution in [0.2, 0.25) is 0 Å². The van der Waals surface area contributed by atoms with Gasteiger partial charge < -0.3 is 35.8 Å². The maximum atomic E-state index is 12.2. The minimum absolute atomic E-state index is 0.0581. The van der Waals surface area contributed by atoms with Gasteiger partial charge in [0.25, 0.3) is 5.91 Å². The number of phenols is 1. The predicted octanol–water partition coefficient (Wildman–Crippen LogP) is 1.80. The van der Waals surface area contributed by atoms with E-state index in [1.807, 2.05) is 0 Å². The minimum atomic E-state index is -4.36. The Bertz CT molecular complexity index is 959. The molecule has 0 aliphatic rings. The molecule has 1 aromatic carbocycles. The third-order valence-corrected chi connectivity index (χ3v) is 6.18. The second kappa shape index (κ2) is 13.4. The maximum Gasteiger partial charge on any atom is 0.329 e. The van der Waals surface area contributed by atoms with Crippen LogP contribution in [0.15, 0.2) is 28.9 Å². The zero-order valence-corrected chi connectivity index (χ0v) is 20.0. The molecule has 0 saturated carbocycles. The highest BCUT2D eigenvalue weighted by Crippen LogP contribution is 2.38. The minimum Gasteiger partial charge on any atom is -0.548 e. The lowest BCUT2D eigenvalue weighted by Gasteiger charge is -2.13. The van der Waals surface area contributed by atoms with Crippen LogP contribution in [0, 0.1) is 3.57 Å². The summed E-state index contributed by atoms with van der Waals surface area (Å²) in [6.07, 6.45) is 3.38. The SMILES string of the molecule is [N-]=[N+]=Nc1ccc(C(=O)NCCCCCCC(=CC(N)C(=O)[O-])CP(=O)(O)O)c(O)c1I. The van der Waals surface area contributed by atoms with E-state index in [0.29, 0.717) is 32.2 Å². The first-order valence-corrected chi connectivity index (χ1v) is 12.4. The van der Waals surface area contributed by atoms with Gasteiger partial charge >= 0.3 is 7.60 Å². The van der Waals surface area contributed by atoms with E-state index in [0.717, 1.165) is 6.08 Å². The molecule has 0 saturated heterocycles. The van der Waals surface area contributed by atoms with Crippen molar-refractivity contribution in [1.29, 1.82) is 0 Å². The van der Waals surface area contributed by atoms with Gasteiger partial charge in [-0.3, -0.25) is 9.36 Å². The number of carboxylic acid groups (broad SMARTS) is 1. The number of phenolic OH excluding ortho intramolecular Hbond substituents is 1. The van der Waals surface area contributed by atoms with Crippen LogP contribution in [0.5, 0.6) is 5.75 Å². The van der Waals surface area contributed by atoms with Crippen molar-refractivity contribution in [2.24, 2.45) is 10.8 Å². The summed E-state index contributed by atoms with van der Waals surface area (Å²) >= 11 is 1.78. The first-order chi connectivity index (χ1) is 15.0. The van der Waals surface area contributed by atoms with Gasteiger partial charge in [0.1, 0.15) is 5.75 Å². The van der Waals surface area contributed by atoms with Crippen molar-refractivity contribution in [2.45, 2.75) is 38.1 Å². The van der Waals surface area contributed by atoms with E-state index in [2.05, 4.69) is 15.3 Å². The number of hydrogen-bond donors (Lipinski definition) is 5. The van der Waals surface area contributed by atoms with E-state index >= 15 is 0 Å². The Morgan fingerprint density at radius 3 is 2.56 bits per heavy atom. The summed E-state index contributed by atoms with van der Waals surface area (Å²) in [7, 11) is -4.36. The Morgan fingerprint density at radius 1 is 1.31 bits per heavy atom. The summed E-state index contributed by atoms with van der Waals surface area (Å²) in [6, 6.07) is 1.36. The van der Waals surface area contributed by atoms with E-state index < -0.39 is 31.7 Å². The van der Waals surface area contributed by atoms with E-state index in [1.165, 1.54) is 12.1 Å². The number of nitrogens with two attached hydrogens (primary N) is 1. The highest BCUT2D eigenvalue weighted by Gasteiger charge is 2.17. The van der Waals surface area contributed by atoms with Crippen LogP contribution >= 0.6 is 30.2 Å². The van der Waals surface area contributed by atoms with Crippen LogP contribution in [-0.4, -0.2) is 45.5 Å². The number of rotatable bonds is 13. The zero-order valence-electron chi connectivity index (χ0n) is 17.0. The van der Waals surface area contributed by atoms with Gasteiger partial charge in [-0.1, -0.05) is 35.7 Å². The van der Waals surface area contributed by atoms with Gasteiger partial charge in [0.2, 0.25) is 0 Å². The van der Waals surface area contributed by atoms with Crippen LogP contribution < -0.4 is 16.2 Å². The zero-order chi connectivity index (χ0) is 24.3. The fraction of sp³-hybridized carbons (Fsp3) is 0.444. The first-order valence-electron chi connectivity index (χ1n) is 9.51. The number of halogens is 1. The van der Waals surface area contributed by atoms with Gasteiger partial charge in [-0.2, -0.15) is 0 Å². The fourth-order valence-electron chi connectivity index (χ4n) is 2.79. The van der Waals surface area contributed by atoms with Crippen molar-refractivity contribution < 1.29 is 34.2 Å². The number of nitrogens with zero attached hydrogens (tertiary/aromatic N) is 3. The standard InChI is InChI=1S/C18H25IN5O7P/c19-15-14(23-24-21)7-6-12(16(15)25)17(26)22-8-4-2-1-3-5-11(10-32(29,30)31)9-13(20)18(27)28/h6-7,9,13,25H,1-5,8,10,20H2,(H,22,26)(H,27,28)(H2,29,30,31)/p-1. The van der Waals surface area contributed by atoms with E-state index in [1.54, 1.807) is 22.6 Å². The molecule has 0 radical (unpaired) electrons. The Hall–Kier alpha value is -2.15. The first kappa shape index (κ1) is 27.9. The molecule has 1 amide bonds. The second-order valence-corrected chi connectivity index (χ2v) is 9.62. The molecule has 176 valence electrons. The van der Waals surface area contributed by atoms with Crippen molar-refractivity contribution in [2.75, 3.05) is 12.7 Å². The second-order valence-electron chi connectivity index (χ2n) is 6.90. The summed E-state index contributed by atoms with van der Waals surface area (Å²) < 4.78 is 11.5. The molecule has 0 fully saturated rings. The molecule has 0 aliphatic carbocycles. The number of unbranched alkanes of at least 4 members (excludes halogenated alkanes) is 3. The molecular weight excluding hydrogens is 556 g/mol.